The summed E-state index contributed by atoms with van der Waals surface area (Å²) in [4.78, 5) is 29.3. The molecule has 27 heavy (non-hydrogen) atoms. The number of likely N-dealkylation sites (tertiary alicyclic amines) is 2. The second-order valence-corrected chi connectivity index (χ2v) is 8.33. The molecule has 2 aliphatic heterocycles. The molecule has 3 rings (SSSR count). The van der Waals surface area contributed by atoms with Crippen LogP contribution in [0.2, 0.25) is 0 Å². The standard InChI is InChI=1S/C21H30N2O4/c1-20(2,27-4)18(25)23-12-10-21(11-13-23)14-16(24)17(22(3)19(21)26)15-8-6-5-7-9-15/h5-9,16-17,24H,10-14H2,1-4H3/t16-,17+/m1/s1. The van der Waals surface area contributed by atoms with Crippen molar-refractivity contribution in [2.45, 2.75) is 50.9 Å². The molecule has 2 saturated heterocycles. The van der Waals surface area contributed by atoms with Crippen LogP contribution in [0.1, 0.15) is 44.7 Å². The average Bonchev–Trinajstić information content (AvgIpc) is 2.67. The van der Waals surface area contributed by atoms with Crippen LogP contribution in [0, 0.1) is 5.41 Å². The first-order chi connectivity index (χ1) is 12.7. The summed E-state index contributed by atoms with van der Waals surface area (Å²) in [6, 6.07) is 9.35. The fourth-order valence-corrected chi connectivity index (χ4v) is 4.48. The topological polar surface area (TPSA) is 70.1 Å². The number of carbonyl (C=O) groups excluding carboxylic acids is 2. The lowest BCUT2D eigenvalue weighted by atomic mass is 9.68. The summed E-state index contributed by atoms with van der Waals surface area (Å²) in [5.41, 5.74) is -0.506. The third-order valence-electron chi connectivity index (χ3n) is 6.33. The molecule has 0 aromatic heterocycles. The van der Waals surface area contributed by atoms with Gasteiger partial charge >= 0.3 is 0 Å². The number of aliphatic hydroxyl groups excluding tert-OH is 1. The number of hydrogen-bond acceptors (Lipinski definition) is 4. The maximum absolute atomic E-state index is 13.2. The van der Waals surface area contributed by atoms with Crippen molar-refractivity contribution in [1.29, 1.82) is 0 Å². The highest BCUT2D eigenvalue weighted by atomic mass is 16.5. The van der Waals surface area contributed by atoms with Crippen LogP contribution in [0.3, 0.4) is 0 Å². The van der Waals surface area contributed by atoms with Gasteiger partial charge in [-0.05, 0) is 38.7 Å². The maximum atomic E-state index is 13.2. The van der Waals surface area contributed by atoms with E-state index in [4.69, 9.17) is 4.74 Å². The zero-order valence-corrected chi connectivity index (χ0v) is 16.6. The molecule has 2 fully saturated rings. The quantitative estimate of drug-likeness (QED) is 0.878. The third kappa shape index (κ3) is 3.48. The summed E-state index contributed by atoms with van der Waals surface area (Å²) in [6.45, 7) is 4.53. The van der Waals surface area contributed by atoms with Crippen molar-refractivity contribution < 1.29 is 19.4 Å². The number of rotatable bonds is 3. The number of benzene rings is 1. The minimum atomic E-state index is -0.865. The van der Waals surface area contributed by atoms with Crippen LogP contribution in [-0.4, -0.2) is 65.7 Å². The SMILES string of the molecule is COC(C)(C)C(=O)N1CCC2(CC1)C[C@@H](O)[C@H](c1ccccc1)N(C)C2=O. The van der Waals surface area contributed by atoms with Crippen molar-refractivity contribution in [3.63, 3.8) is 0 Å². The summed E-state index contributed by atoms with van der Waals surface area (Å²) in [6.07, 6.45) is 0.958. The van der Waals surface area contributed by atoms with Gasteiger partial charge in [-0.2, -0.15) is 0 Å². The first kappa shape index (κ1) is 19.8. The predicted octanol–water partition coefficient (Wildman–Crippen LogP) is 1.98. The predicted molar refractivity (Wildman–Crippen MR) is 102 cm³/mol. The Morgan fingerprint density at radius 2 is 1.81 bits per heavy atom. The lowest BCUT2D eigenvalue weighted by molar-refractivity contribution is -0.167. The molecule has 1 aromatic rings. The number of nitrogens with zero attached hydrogens (tertiary/aromatic N) is 2. The number of ether oxygens (including phenoxy) is 1. The molecule has 2 atom stereocenters. The first-order valence-corrected chi connectivity index (χ1v) is 9.57. The van der Waals surface area contributed by atoms with E-state index in [1.165, 1.54) is 7.11 Å². The van der Waals surface area contributed by atoms with Crippen molar-refractivity contribution in [3.8, 4) is 0 Å². The molecule has 2 heterocycles. The number of piperidine rings is 2. The lowest BCUT2D eigenvalue weighted by Crippen LogP contribution is -2.59. The van der Waals surface area contributed by atoms with Crippen molar-refractivity contribution >= 4 is 11.8 Å². The lowest BCUT2D eigenvalue weighted by Gasteiger charge is -2.50. The minimum Gasteiger partial charge on any atom is -0.391 e. The molecule has 1 aromatic carbocycles. The van der Waals surface area contributed by atoms with Gasteiger partial charge in [0.2, 0.25) is 5.91 Å². The van der Waals surface area contributed by atoms with E-state index in [2.05, 4.69) is 0 Å². The van der Waals surface area contributed by atoms with Gasteiger partial charge < -0.3 is 19.6 Å². The number of hydrogen-bond donors (Lipinski definition) is 1. The van der Waals surface area contributed by atoms with E-state index in [0.717, 1.165) is 5.56 Å². The van der Waals surface area contributed by atoms with Gasteiger partial charge in [0, 0.05) is 27.2 Å². The Kier molecular flexibility index (Phi) is 5.32. The molecule has 0 unspecified atom stereocenters. The number of aliphatic hydroxyl groups is 1. The number of carbonyl (C=O) groups is 2. The Bertz CT molecular complexity index is 695. The van der Waals surface area contributed by atoms with Crippen LogP contribution in [0.15, 0.2) is 30.3 Å². The van der Waals surface area contributed by atoms with Gasteiger partial charge in [-0.3, -0.25) is 9.59 Å². The summed E-state index contributed by atoms with van der Waals surface area (Å²) < 4.78 is 5.30. The molecule has 2 aliphatic rings. The largest absolute Gasteiger partial charge is 0.391 e. The van der Waals surface area contributed by atoms with Crippen molar-refractivity contribution in [3.05, 3.63) is 35.9 Å². The third-order valence-corrected chi connectivity index (χ3v) is 6.33. The zero-order chi connectivity index (χ0) is 19.8. The molecule has 6 heteroatoms. The van der Waals surface area contributed by atoms with Crippen LogP contribution in [-0.2, 0) is 14.3 Å². The van der Waals surface area contributed by atoms with Crippen molar-refractivity contribution in [1.82, 2.24) is 9.80 Å². The number of amides is 2. The Morgan fingerprint density at radius 3 is 2.37 bits per heavy atom. The highest BCUT2D eigenvalue weighted by molar-refractivity contribution is 5.86. The highest BCUT2D eigenvalue weighted by Crippen LogP contribution is 2.46. The fraction of sp³-hybridized carbons (Fsp3) is 0.619. The van der Waals surface area contributed by atoms with Gasteiger partial charge in [0.25, 0.3) is 5.91 Å². The van der Waals surface area contributed by atoms with Gasteiger partial charge in [0.1, 0.15) is 5.60 Å². The van der Waals surface area contributed by atoms with Gasteiger partial charge in [-0.15, -0.1) is 0 Å². The smallest absolute Gasteiger partial charge is 0.254 e. The zero-order valence-electron chi connectivity index (χ0n) is 16.6. The van der Waals surface area contributed by atoms with Crippen LogP contribution in [0.4, 0.5) is 0 Å². The minimum absolute atomic E-state index is 0.0563. The van der Waals surface area contributed by atoms with E-state index in [-0.39, 0.29) is 17.9 Å². The Morgan fingerprint density at radius 1 is 1.22 bits per heavy atom. The summed E-state index contributed by atoms with van der Waals surface area (Å²) in [7, 11) is 3.30. The van der Waals surface area contributed by atoms with Gasteiger partial charge in [0.15, 0.2) is 0 Å². The van der Waals surface area contributed by atoms with Crippen LogP contribution < -0.4 is 0 Å². The highest BCUT2D eigenvalue weighted by Gasteiger charge is 2.52. The Labute approximate surface area is 161 Å². The second-order valence-electron chi connectivity index (χ2n) is 8.33. The molecule has 0 bridgehead atoms. The van der Waals surface area contributed by atoms with Crippen molar-refractivity contribution in [2.24, 2.45) is 5.41 Å². The van der Waals surface area contributed by atoms with Crippen LogP contribution in [0.5, 0.6) is 0 Å². The van der Waals surface area contributed by atoms with E-state index in [0.29, 0.717) is 32.4 Å². The first-order valence-electron chi connectivity index (χ1n) is 9.57. The molecule has 0 aliphatic carbocycles. The normalized spacial score (nSPS) is 25.7. The van der Waals surface area contributed by atoms with E-state index >= 15 is 0 Å². The summed E-state index contributed by atoms with van der Waals surface area (Å²) >= 11 is 0. The Balaban J connectivity index is 1.74. The molecule has 2 amide bonds. The molecule has 0 radical (unpaired) electrons. The van der Waals surface area contributed by atoms with Crippen LogP contribution >= 0.6 is 0 Å². The molecule has 6 nitrogen and oxygen atoms in total. The maximum Gasteiger partial charge on any atom is 0.254 e. The van der Waals surface area contributed by atoms with E-state index in [9.17, 15) is 14.7 Å². The Hall–Kier alpha value is -1.92. The van der Waals surface area contributed by atoms with Gasteiger partial charge in [-0.1, -0.05) is 30.3 Å². The molecule has 1 N–H and O–H groups in total. The molecule has 148 valence electrons. The fourth-order valence-electron chi connectivity index (χ4n) is 4.48. The molecule has 1 spiro atoms. The summed E-state index contributed by atoms with van der Waals surface area (Å²) in [5, 5.41) is 10.9. The average molecular weight is 374 g/mol. The van der Waals surface area contributed by atoms with Gasteiger partial charge in [0.05, 0.1) is 17.6 Å². The van der Waals surface area contributed by atoms with E-state index in [1.54, 1.807) is 30.7 Å². The van der Waals surface area contributed by atoms with E-state index < -0.39 is 17.1 Å². The number of likely N-dealkylation sites (N-methyl/N-ethyl adjacent to an activating group) is 1. The molecular weight excluding hydrogens is 344 g/mol. The monoisotopic (exact) mass is 374 g/mol. The molecule has 0 saturated carbocycles. The summed E-state index contributed by atoms with van der Waals surface area (Å²) in [5.74, 6) is 0.0129. The van der Waals surface area contributed by atoms with Crippen molar-refractivity contribution in [2.75, 3.05) is 27.2 Å². The van der Waals surface area contributed by atoms with Gasteiger partial charge in [-0.25, -0.2) is 0 Å². The molecular formula is C21H30N2O4. The second kappa shape index (κ2) is 7.24. The number of methoxy groups -OCH3 is 1. The van der Waals surface area contributed by atoms with E-state index in [1.807, 2.05) is 30.3 Å². The van der Waals surface area contributed by atoms with Crippen LogP contribution in [0.25, 0.3) is 0 Å².